The Morgan fingerprint density at radius 2 is 2.07 bits per heavy atom. The monoisotopic (exact) mass is 367 g/mol. The van der Waals surface area contributed by atoms with Gasteiger partial charge in [-0.2, -0.15) is 0 Å². The van der Waals surface area contributed by atoms with Crippen molar-refractivity contribution < 1.29 is 9.59 Å². The second-order valence-corrected chi connectivity index (χ2v) is 8.14. The number of benzene rings is 1. The summed E-state index contributed by atoms with van der Waals surface area (Å²) in [5.41, 5.74) is 3.59. The van der Waals surface area contributed by atoms with Crippen LogP contribution in [0.3, 0.4) is 0 Å². The van der Waals surface area contributed by atoms with Crippen molar-refractivity contribution in [1.29, 1.82) is 0 Å². The molecule has 1 saturated carbocycles. The molecule has 1 aromatic carbocycles. The number of nitrogens with zero attached hydrogens (tertiary/aromatic N) is 1. The molecule has 2 fully saturated rings. The summed E-state index contributed by atoms with van der Waals surface area (Å²) in [7, 11) is 0. The van der Waals surface area contributed by atoms with Crippen LogP contribution in [0.4, 0.5) is 0 Å². The summed E-state index contributed by atoms with van der Waals surface area (Å²) in [6.45, 7) is 3.29. The zero-order valence-corrected chi connectivity index (χ0v) is 16.1. The second-order valence-electron chi connectivity index (χ2n) is 8.14. The summed E-state index contributed by atoms with van der Waals surface area (Å²) in [6, 6.07) is 6.73. The van der Waals surface area contributed by atoms with Crippen molar-refractivity contribution in [2.75, 3.05) is 13.1 Å². The number of aromatic nitrogens is 1. The lowest BCUT2D eigenvalue weighted by Crippen LogP contribution is -2.39. The van der Waals surface area contributed by atoms with E-state index in [1.165, 1.54) is 35.8 Å². The van der Waals surface area contributed by atoms with E-state index in [9.17, 15) is 9.59 Å². The summed E-state index contributed by atoms with van der Waals surface area (Å²) < 4.78 is 0. The van der Waals surface area contributed by atoms with Gasteiger partial charge in [0.1, 0.15) is 0 Å². The highest BCUT2D eigenvalue weighted by molar-refractivity contribution is 5.89. The molecule has 0 radical (unpaired) electrons. The average molecular weight is 367 g/mol. The first kappa shape index (κ1) is 18.1. The number of hydrogen-bond donors (Lipinski definition) is 2. The van der Waals surface area contributed by atoms with Crippen LogP contribution in [0.15, 0.2) is 24.4 Å². The molecule has 1 aromatic heterocycles. The molecule has 4 rings (SSSR count). The van der Waals surface area contributed by atoms with Crippen molar-refractivity contribution in [3.05, 3.63) is 35.5 Å². The number of nitrogens with one attached hydrogen (secondary N) is 2. The van der Waals surface area contributed by atoms with Crippen molar-refractivity contribution in [3.63, 3.8) is 0 Å². The summed E-state index contributed by atoms with van der Waals surface area (Å²) >= 11 is 0. The number of aryl methyl sites for hydroxylation is 1. The number of amides is 2. The fourth-order valence-corrected chi connectivity index (χ4v) is 4.62. The predicted octanol–water partition coefficient (Wildman–Crippen LogP) is 3.32. The number of carbonyl (C=O) groups is 2. The van der Waals surface area contributed by atoms with E-state index in [1.807, 2.05) is 11.1 Å². The molecule has 1 saturated heterocycles. The minimum atomic E-state index is -0.190. The minimum absolute atomic E-state index is 0.0256. The van der Waals surface area contributed by atoms with Crippen molar-refractivity contribution >= 4 is 22.7 Å². The molecule has 27 heavy (non-hydrogen) atoms. The Bertz CT molecular complexity index is 835. The van der Waals surface area contributed by atoms with E-state index in [1.54, 1.807) is 0 Å². The molecule has 2 aromatic rings. The molecule has 5 heteroatoms. The lowest BCUT2D eigenvalue weighted by molar-refractivity contribution is -0.130. The summed E-state index contributed by atoms with van der Waals surface area (Å²) in [5, 5.41) is 4.28. The summed E-state index contributed by atoms with van der Waals surface area (Å²) in [5.74, 6) is -0.00326. The fourth-order valence-electron chi connectivity index (χ4n) is 4.62. The fraction of sp³-hybridized carbons (Fsp3) is 0.545. The molecule has 0 spiro atoms. The Kier molecular flexibility index (Phi) is 5.19. The van der Waals surface area contributed by atoms with Gasteiger partial charge in [0.25, 0.3) is 0 Å². The minimum Gasteiger partial charge on any atom is -0.361 e. The number of H-pyrrole nitrogens is 1. The highest BCUT2D eigenvalue weighted by Gasteiger charge is 2.37. The van der Waals surface area contributed by atoms with Gasteiger partial charge < -0.3 is 15.2 Å². The summed E-state index contributed by atoms with van der Waals surface area (Å²) in [4.78, 5) is 30.2. The van der Waals surface area contributed by atoms with Gasteiger partial charge in [-0.25, -0.2) is 0 Å². The SMILES string of the molecule is Cc1ccc2[nH]cc(CCNC(=O)C3CC(=O)N(C4CCCCC4)C3)c2c1. The average Bonchev–Trinajstić information content (AvgIpc) is 3.26. The zero-order valence-electron chi connectivity index (χ0n) is 16.1. The third kappa shape index (κ3) is 3.87. The summed E-state index contributed by atoms with van der Waals surface area (Å²) in [6.07, 6.45) is 9.07. The van der Waals surface area contributed by atoms with Gasteiger partial charge in [-0.05, 0) is 43.9 Å². The maximum atomic E-state index is 12.6. The normalized spacial score (nSPS) is 21.1. The molecule has 2 N–H and O–H groups in total. The van der Waals surface area contributed by atoms with Gasteiger partial charge in [0.15, 0.2) is 0 Å². The van der Waals surface area contributed by atoms with E-state index in [2.05, 4.69) is 35.4 Å². The first-order chi connectivity index (χ1) is 13.1. The van der Waals surface area contributed by atoms with Crippen LogP contribution in [0.5, 0.6) is 0 Å². The van der Waals surface area contributed by atoms with Crippen molar-refractivity contribution in [3.8, 4) is 0 Å². The number of hydrogen-bond acceptors (Lipinski definition) is 2. The Morgan fingerprint density at radius 1 is 1.26 bits per heavy atom. The second kappa shape index (κ2) is 7.75. The molecule has 144 valence electrons. The van der Waals surface area contributed by atoms with Crippen LogP contribution in [0.25, 0.3) is 10.9 Å². The largest absolute Gasteiger partial charge is 0.361 e. The van der Waals surface area contributed by atoms with Crippen molar-refractivity contribution in [2.24, 2.45) is 5.92 Å². The maximum Gasteiger partial charge on any atom is 0.225 e. The van der Waals surface area contributed by atoms with Gasteiger partial charge in [-0.1, -0.05) is 30.9 Å². The maximum absolute atomic E-state index is 12.6. The topological polar surface area (TPSA) is 65.2 Å². The van der Waals surface area contributed by atoms with Gasteiger partial charge in [0, 0.05) is 42.7 Å². The quantitative estimate of drug-likeness (QED) is 0.851. The standard InChI is InChI=1S/C22H29N3O2/c1-15-7-8-20-19(11-15)16(13-24-20)9-10-23-22(27)17-12-21(26)25(14-17)18-5-3-2-4-6-18/h7-8,11,13,17-18,24H,2-6,9-10,12,14H2,1H3,(H,23,27). The van der Waals surface area contributed by atoms with Crippen LogP contribution >= 0.6 is 0 Å². The van der Waals surface area contributed by atoms with Gasteiger partial charge >= 0.3 is 0 Å². The predicted molar refractivity (Wildman–Crippen MR) is 106 cm³/mol. The van der Waals surface area contributed by atoms with Crippen LogP contribution in [0, 0.1) is 12.8 Å². The van der Waals surface area contributed by atoms with Gasteiger partial charge in [-0.3, -0.25) is 9.59 Å². The molecule has 1 unspecified atom stereocenters. The third-order valence-corrected chi connectivity index (χ3v) is 6.16. The van der Waals surface area contributed by atoms with Crippen LogP contribution < -0.4 is 5.32 Å². The molecular formula is C22H29N3O2. The van der Waals surface area contributed by atoms with E-state index < -0.39 is 0 Å². The van der Waals surface area contributed by atoms with Crippen LogP contribution in [-0.2, 0) is 16.0 Å². The van der Waals surface area contributed by atoms with E-state index in [0.717, 1.165) is 24.8 Å². The highest BCUT2D eigenvalue weighted by atomic mass is 16.2. The third-order valence-electron chi connectivity index (χ3n) is 6.16. The molecule has 1 atom stereocenters. The lowest BCUT2D eigenvalue weighted by atomic mass is 9.94. The Hall–Kier alpha value is -2.30. The molecule has 1 aliphatic carbocycles. The van der Waals surface area contributed by atoms with E-state index in [-0.39, 0.29) is 17.7 Å². The Morgan fingerprint density at radius 3 is 2.89 bits per heavy atom. The first-order valence-electron chi connectivity index (χ1n) is 10.3. The molecule has 5 nitrogen and oxygen atoms in total. The number of carbonyl (C=O) groups excluding carboxylic acids is 2. The molecule has 0 bridgehead atoms. The van der Waals surface area contributed by atoms with Gasteiger partial charge in [-0.15, -0.1) is 0 Å². The molecule has 2 heterocycles. The van der Waals surface area contributed by atoms with E-state index >= 15 is 0 Å². The highest BCUT2D eigenvalue weighted by Crippen LogP contribution is 2.28. The Labute approximate surface area is 160 Å². The molecular weight excluding hydrogens is 338 g/mol. The molecule has 2 aliphatic rings. The number of rotatable bonds is 5. The molecule has 1 aliphatic heterocycles. The van der Waals surface area contributed by atoms with Crippen molar-refractivity contribution in [2.45, 2.75) is 57.9 Å². The van der Waals surface area contributed by atoms with Crippen LogP contribution in [-0.4, -0.2) is 40.8 Å². The van der Waals surface area contributed by atoms with Crippen LogP contribution in [0.1, 0.15) is 49.7 Å². The van der Waals surface area contributed by atoms with E-state index in [0.29, 0.717) is 25.6 Å². The molecule has 2 amide bonds. The van der Waals surface area contributed by atoms with Gasteiger partial charge in [0.05, 0.1) is 5.92 Å². The first-order valence-corrected chi connectivity index (χ1v) is 10.3. The number of likely N-dealkylation sites (tertiary alicyclic amines) is 1. The van der Waals surface area contributed by atoms with Gasteiger partial charge in [0.2, 0.25) is 11.8 Å². The Balaban J connectivity index is 1.30. The van der Waals surface area contributed by atoms with Crippen LogP contribution in [0.2, 0.25) is 0 Å². The van der Waals surface area contributed by atoms with Crippen molar-refractivity contribution in [1.82, 2.24) is 15.2 Å². The lowest BCUT2D eigenvalue weighted by Gasteiger charge is -2.31. The number of aromatic amines is 1. The van der Waals surface area contributed by atoms with E-state index in [4.69, 9.17) is 0 Å². The number of fused-ring (bicyclic) bond motifs is 1. The zero-order chi connectivity index (χ0) is 18.8. The smallest absolute Gasteiger partial charge is 0.225 e.